The quantitative estimate of drug-likeness (QED) is 0.631. The predicted octanol–water partition coefficient (Wildman–Crippen LogP) is 1.94. The largest absolute Gasteiger partial charge is 0.466 e. The molecule has 0 bridgehead atoms. The van der Waals surface area contributed by atoms with E-state index in [1.807, 2.05) is 20.8 Å². The summed E-state index contributed by atoms with van der Waals surface area (Å²) in [4.78, 5) is 23.9. The molecule has 1 N–H and O–H groups in total. The van der Waals surface area contributed by atoms with Crippen LogP contribution in [0.2, 0.25) is 0 Å². The number of ether oxygens (including phenoxy) is 2. The minimum Gasteiger partial charge on any atom is -0.466 e. The summed E-state index contributed by atoms with van der Waals surface area (Å²) in [5.74, 6) is -1.46. The van der Waals surface area contributed by atoms with Crippen molar-refractivity contribution >= 4 is 22.0 Å². The topological polar surface area (TPSA) is 98.8 Å². The third kappa shape index (κ3) is 7.23. The predicted molar refractivity (Wildman–Crippen MR) is 92.4 cm³/mol. The van der Waals surface area contributed by atoms with Crippen molar-refractivity contribution in [2.45, 2.75) is 51.0 Å². The molecule has 1 rings (SSSR count). The van der Waals surface area contributed by atoms with Gasteiger partial charge in [-0.2, -0.15) is 4.72 Å². The number of carbonyl (C=O) groups is 2. The first kappa shape index (κ1) is 21.1. The molecule has 0 spiro atoms. The summed E-state index contributed by atoms with van der Waals surface area (Å²) in [7, 11) is -3.97. The molecule has 0 radical (unpaired) electrons. The molecule has 8 heteroatoms. The van der Waals surface area contributed by atoms with Crippen LogP contribution in [-0.4, -0.2) is 39.6 Å². The zero-order chi connectivity index (χ0) is 18.9. The molecular weight excluding hydrogens is 346 g/mol. The molecule has 1 aromatic rings. The Labute approximate surface area is 148 Å². The maximum atomic E-state index is 12.5. The zero-order valence-electron chi connectivity index (χ0n) is 14.8. The lowest BCUT2D eigenvalue weighted by molar-refractivity contribution is -0.152. The Balaban J connectivity index is 2.91. The van der Waals surface area contributed by atoms with Gasteiger partial charge in [0.05, 0.1) is 24.5 Å². The number of hydrogen-bond acceptors (Lipinski definition) is 6. The van der Waals surface area contributed by atoms with Crippen molar-refractivity contribution < 1.29 is 27.5 Å². The molecule has 0 heterocycles. The standard InChI is InChI=1S/C17H25NO6S/c1-4-10-23-16(19)12-15(17(20)24-11-5-2)18-25(21,22)14-8-6-13(3)7-9-14/h6-9,15,18H,4-5,10-12H2,1-3H3. The molecule has 0 aliphatic heterocycles. The van der Waals surface area contributed by atoms with E-state index in [0.29, 0.717) is 12.8 Å². The van der Waals surface area contributed by atoms with Gasteiger partial charge in [0.1, 0.15) is 6.04 Å². The van der Waals surface area contributed by atoms with Crippen LogP contribution >= 0.6 is 0 Å². The Hall–Kier alpha value is -1.93. The van der Waals surface area contributed by atoms with Crippen LogP contribution in [-0.2, 0) is 29.1 Å². The monoisotopic (exact) mass is 371 g/mol. The van der Waals surface area contributed by atoms with Gasteiger partial charge in [-0.3, -0.25) is 9.59 Å². The highest BCUT2D eigenvalue weighted by Gasteiger charge is 2.29. The number of benzene rings is 1. The second-order valence-electron chi connectivity index (χ2n) is 5.58. The summed E-state index contributed by atoms with van der Waals surface area (Å²) < 4.78 is 37.1. The maximum absolute atomic E-state index is 12.5. The fourth-order valence-electron chi connectivity index (χ4n) is 1.89. The van der Waals surface area contributed by atoms with E-state index in [0.717, 1.165) is 5.56 Å². The molecule has 25 heavy (non-hydrogen) atoms. The Morgan fingerprint density at radius 2 is 1.60 bits per heavy atom. The minimum atomic E-state index is -3.97. The zero-order valence-corrected chi connectivity index (χ0v) is 15.6. The lowest BCUT2D eigenvalue weighted by atomic mass is 10.2. The molecule has 0 amide bonds. The van der Waals surface area contributed by atoms with Gasteiger partial charge in [0.25, 0.3) is 0 Å². The summed E-state index contributed by atoms with van der Waals surface area (Å²) in [6.07, 6.45) is 0.795. The van der Waals surface area contributed by atoms with Crippen LogP contribution in [0.25, 0.3) is 0 Å². The smallest absolute Gasteiger partial charge is 0.324 e. The SMILES string of the molecule is CCCOC(=O)CC(NS(=O)(=O)c1ccc(C)cc1)C(=O)OCCC. The third-order valence-electron chi connectivity index (χ3n) is 3.20. The maximum Gasteiger partial charge on any atom is 0.324 e. The molecule has 7 nitrogen and oxygen atoms in total. The van der Waals surface area contributed by atoms with E-state index in [4.69, 9.17) is 9.47 Å². The Morgan fingerprint density at radius 1 is 1.04 bits per heavy atom. The van der Waals surface area contributed by atoms with Crippen molar-refractivity contribution in [1.82, 2.24) is 4.72 Å². The number of sulfonamides is 1. The van der Waals surface area contributed by atoms with Crippen molar-refractivity contribution in [1.29, 1.82) is 0 Å². The first-order valence-corrected chi connectivity index (χ1v) is 9.69. The fraction of sp³-hybridized carbons (Fsp3) is 0.529. The second-order valence-corrected chi connectivity index (χ2v) is 7.29. The molecule has 0 fully saturated rings. The van der Waals surface area contributed by atoms with Gasteiger partial charge in [-0.05, 0) is 31.9 Å². The van der Waals surface area contributed by atoms with E-state index in [2.05, 4.69) is 4.72 Å². The Morgan fingerprint density at radius 3 is 2.16 bits per heavy atom. The van der Waals surface area contributed by atoms with Crippen LogP contribution in [0, 0.1) is 6.92 Å². The molecule has 0 saturated carbocycles. The van der Waals surface area contributed by atoms with E-state index in [1.54, 1.807) is 12.1 Å². The normalized spacial score (nSPS) is 12.4. The van der Waals surface area contributed by atoms with Crippen LogP contribution in [0.5, 0.6) is 0 Å². The first-order chi connectivity index (χ1) is 11.8. The van der Waals surface area contributed by atoms with Gasteiger partial charge in [0.2, 0.25) is 10.0 Å². The molecule has 1 unspecified atom stereocenters. The molecular formula is C17H25NO6S. The summed E-state index contributed by atoms with van der Waals surface area (Å²) in [5.41, 5.74) is 0.904. The molecule has 1 aromatic carbocycles. The van der Waals surface area contributed by atoms with Crippen LogP contribution in [0.1, 0.15) is 38.7 Å². The first-order valence-electron chi connectivity index (χ1n) is 8.21. The van der Waals surface area contributed by atoms with Crippen molar-refractivity contribution in [2.75, 3.05) is 13.2 Å². The summed E-state index contributed by atoms with van der Waals surface area (Å²) >= 11 is 0. The summed E-state index contributed by atoms with van der Waals surface area (Å²) in [5, 5.41) is 0. The van der Waals surface area contributed by atoms with E-state index >= 15 is 0 Å². The minimum absolute atomic E-state index is 0.00770. The van der Waals surface area contributed by atoms with Gasteiger partial charge in [0.15, 0.2) is 0 Å². The van der Waals surface area contributed by atoms with Crippen LogP contribution in [0.4, 0.5) is 0 Å². The van der Waals surface area contributed by atoms with Crippen molar-refractivity contribution in [3.63, 3.8) is 0 Å². The number of hydrogen-bond donors (Lipinski definition) is 1. The number of esters is 2. The van der Waals surface area contributed by atoms with Gasteiger partial charge < -0.3 is 9.47 Å². The third-order valence-corrected chi connectivity index (χ3v) is 4.69. The van der Waals surface area contributed by atoms with Gasteiger partial charge >= 0.3 is 11.9 Å². The second kappa shape index (κ2) is 10.1. The van der Waals surface area contributed by atoms with E-state index < -0.39 is 34.4 Å². The molecule has 0 saturated heterocycles. The van der Waals surface area contributed by atoms with Crippen LogP contribution in [0.15, 0.2) is 29.2 Å². The van der Waals surface area contributed by atoms with Crippen molar-refractivity contribution in [3.8, 4) is 0 Å². The summed E-state index contributed by atoms with van der Waals surface area (Å²) in [6, 6.07) is 4.83. The highest BCUT2D eigenvalue weighted by Crippen LogP contribution is 2.12. The number of aryl methyl sites for hydroxylation is 1. The number of nitrogens with one attached hydrogen (secondary N) is 1. The van der Waals surface area contributed by atoms with Gasteiger partial charge in [-0.25, -0.2) is 8.42 Å². The molecule has 0 aromatic heterocycles. The average molecular weight is 371 g/mol. The van der Waals surface area contributed by atoms with E-state index in [1.165, 1.54) is 12.1 Å². The number of rotatable bonds is 10. The van der Waals surface area contributed by atoms with E-state index in [9.17, 15) is 18.0 Å². The van der Waals surface area contributed by atoms with Crippen molar-refractivity contribution in [2.24, 2.45) is 0 Å². The Bertz CT molecular complexity index is 669. The van der Waals surface area contributed by atoms with Gasteiger partial charge in [-0.15, -0.1) is 0 Å². The highest BCUT2D eigenvalue weighted by molar-refractivity contribution is 7.89. The molecule has 140 valence electrons. The van der Waals surface area contributed by atoms with Crippen molar-refractivity contribution in [3.05, 3.63) is 29.8 Å². The fourth-order valence-corrected chi connectivity index (χ4v) is 3.08. The highest BCUT2D eigenvalue weighted by atomic mass is 32.2. The van der Waals surface area contributed by atoms with Crippen LogP contribution in [0.3, 0.4) is 0 Å². The Kier molecular flexibility index (Phi) is 8.57. The van der Waals surface area contributed by atoms with Gasteiger partial charge in [0, 0.05) is 0 Å². The van der Waals surface area contributed by atoms with Gasteiger partial charge in [-0.1, -0.05) is 31.5 Å². The average Bonchev–Trinajstić information content (AvgIpc) is 2.57. The summed E-state index contributed by atoms with van der Waals surface area (Å²) in [6.45, 7) is 5.83. The number of carbonyl (C=O) groups excluding carboxylic acids is 2. The lowest BCUT2D eigenvalue weighted by Crippen LogP contribution is -2.43. The lowest BCUT2D eigenvalue weighted by Gasteiger charge is -2.17. The van der Waals surface area contributed by atoms with Crippen LogP contribution < -0.4 is 4.72 Å². The molecule has 0 aliphatic carbocycles. The van der Waals surface area contributed by atoms with E-state index in [-0.39, 0.29) is 18.1 Å². The molecule has 1 atom stereocenters. The molecule has 0 aliphatic rings.